The van der Waals surface area contributed by atoms with Gasteiger partial charge >= 0.3 is 0 Å². The van der Waals surface area contributed by atoms with Crippen molar-refractivity contribution < 1.29 is 14.3 Å². The average molecular weight is 354 g/mol. The number of ether oxygens (including phenoxy) is 1. The van der Waals surface area contributed by atoms with Crippen LogP contribution in [0.15, 0.2) is 54.6 Å². The third-order valence-electron chi connectivity index (χ3n) is 3.88. The van der Waals surface area contributed by atoms with Gasteiger partial charge in [-0.05, 0) is 43.7 Å². The smallest absolute Gasteiger partial charge is 0.242 e. The van der Waals surface area contributed by atoms with Crippen LogP contribution in [0.4, 0.5) is 5.69 Å². The van der Waals surface area contributed by atoms with E-state index in [4.69, 9.17) is 4.74 Å². The van der Waals surface area contributed by atoms with Gasteiger partial charge in [-0.15, -0.1) is 0 Å². The predicted molar refractivity (Wildman–Crippen MR) is 103 cm³/mol. The van der Waals surface area contributed by atoms with Gasteiger partial charge in [0.15, 0.2) is 0 Å². The highest BCUT2D eigenvalue weighted by Gasteiger charge is 2.18. The van der Waals surface area contributed by atoms with E-state index in [2.05, 4.69) is 0 Å². The van der Waals surface area contributed by atoms with Crippen LogP contribution in [-0.2, 0) is 16.1 Å². The van der Waals surface area contributed by atoms with E-state index >= 15 is 0 Å². The molecule has 0 aliphatic carbocycles. The zero-order chi connectivity index (χ0) is 19.1. The Hall–Kier alpha value is -2.82. The summed E-state index contributed by atoms with van der Waals surface area (Å²) < 4.78 is 5.62. The Morgan fingerprint density at radius 2 is 1.62 bits per heavy atom. The first-order chi connectivity index (χ1) is 12.4. The first-order valence-electron chi connectivity index (χ1n) is 8.69. The summed E-state index contributed by atoms with van der Waals surface area (Å²) in [7, 11) is 1.74. The van der Waals surface area contributed by atoms with E-state index in [0.29, 0.717) is 12.2 Å². The molecule has 0 aliphatic heterocycles. The Bertz CT molecular complexity index is 727. The maximum absolute atomic E-state index is 12.6. The molecule has 2 rings (SSSR count). The van der Waals surface area contributed by atoms with Crippen molar-refractivity contribution in [3.8, 4) is 5.75 Å². The first-order valence-corrected chi connectivity index (χ1v) is 8.69. The van der Waals surface area contributed by atoms with Crippen LogP contribution in [0.2, 0.25) is 0 Å². The maximum Gasteiger partial charge on any atom is 0.242 e. The minimum absolute atomic E-state index is 0.00303. The molecule has 2 aromatic carbocycles. The summed E-state index contributed by atoms with van der Waals surface area (Å²) >= 11 is 0. The molecule has 0 saturated heterocycles. The summed E-state index contributed by atoms with van der Waals surface area (Å²) in [6, 6.07) is 17.0. The normalized spacial score (nSPS) is 10.5. The molecule has 0 spiro atoms. The van der Waals surface area contributed by atoms with Gasteiger partial charge in [0.25, 0.3) is 0 Å². The quantitative estimate of drug-likeness (QED) is 0.765. The van der Waals surface area contributed by atoms with E-state index < -0.39 is 0 Å². The molecule has 0 fully saturated rings. The molecule has 0 radical (unpaired) electrons. The van der Waals surface area contributed by atoms with Crippen molar-refractivity contribution in [3.05, 3.63) is 60.2 Å². The third kappa shape index (κ3) is 5.62. The molecule has 0 aliphatic rings. The number of likely N-dealkylation sites (N-methyl/N-ethyl adjacent to an activating group) is 1. The summed E-state index contributed by atoms with van der Waals surface area (Å²) in [5.74, 6) is 0.440. The first kappa shape index (κ1) is 19.5. The number of rotatable bonds is 7. The lowest BCUT2D eigenvalue weighted by Crippen LogP contribution is -2.40. The van der Waals surface area contributed by atoms with Gasteiger partial charge in [-0.3, -0.25) is 9.59 Å². The second-order valence-electron chi connectivity index (χ2n) is 6.50. The van der Waals surface area contributed by atoms with Gasteiger partial charge in [0, 0.05) is 26.2 Å². The lowest BCUT2D eigenvalue weighted by Gasteiger charge is -2.25. The van der Waals surface area contributed by atoms with Gasteiger partial charge in [-0.1, -0.05) is 30.3 Å². The van der Waals surface area contributed by atoms with E-state index in [1.165, 1.54) is 11.8 Å². The van der Waals surface area contributed by atoms with Crippen molar-refractivity contribution in [2.75, 3.05) is 18.5 Å². The molecule has 0 aromatic heterocycles. The fourth-order valence-electron chi connectivity index (χ4n) is 2.56. The van der Waals surface area contributed by atoms with Crippen LogP contribution in [0, 0.1) is 0 Å². The van der Waals surface area contributed by atoms with E-state index in [1.807, 2.05) is 56.3 Å². The van der Waals surface area contributed by atoms with Crippen LogP contribution >= 0.6 is 0 Å². The molecule has 0 saturated carbocycles. The molecule has 2 aromatic rings. The molecule has 138 valence electrons. The highest BCUT2D eigenvalue weighted by Crippen LogP contribution is 2.21. The molecule has 0 heterocycles. The number of carbonyl (C=O) groups is 2. The highest BCUT2D eigenvalue weighted by atomic mass is 16.5. The molecule has 0 atom stereocenters. The fraction of sp³-hybridized carbons (Fsp3) is 0.333. The average Bonchev–Trinajstić information content (AvgIpc) is 2.60. The van der Waals surface area contributed by atoms with Crippen molar-refractivity contribution in [2.24, 2.45) is 0 Å². The molecule has 0 unspecified atom stereocenters. The molecule has 2 amide bonds. The predicted octanol–water partition coefficient (Wildman–Crippen LogP) is 3.49. The number of amides is 2. The largest absolute Gasteiger partial charge is 0.491 e. The number of carbonyl (C=O) groups excluding carboxylic acids is 2. The molecular weight excluding hydrogens is 328 g/mol. The lowest BCUT2D eigenvalue weighted by atomic mass is 10.2. The number of hydrogen-bond donors (Lipinski definition) is 0. The molecule has 26 heavy (non-hydrogen) atoms. The number of nitrogens with zero attached hydrogens (tertiary/aromatic N) is 2. The van der Waals surface area contributed by atoms with E-state index in [-0.39, 0.29) is 24.5 Å². The molecular formula is C21H26N2O3. The van der Waals surface area contributed by atoms with Crippen molar-refractivity contribution in [2.45, 2.75) is 33.4 Å². The van der Waals surface area contributed by atoms with Gasteiger partial charge in [0.2, 0.25) is 11.8 Å². The van der Waals surface area contributed by atoms with Gasteiger partial charge in [0.05, 0.1) is 6.10 Å². The molecule has 0 bridgehead atoms. The summed E-state index contributed by atoms with van der Waals surface area (Å²) in [4.78, 5) is 27.7. The van der Waals surface area contributed by atoms with Crippen molar-refractivity contribution >= 4 is 17.5 Å². The van der Waals surface area contributed by atoms with Crippen molar-refractivity contribution in [1.82, 2.24) is 4.90 Å². The standard InChI is InChI=1S/C21H26N2O3/c1-16(2)26-20-12-10-19(11-13-20)23(17(3)24)15-21(25)22(4)14-18-8-6-5-7-9-18/h5-13,16H,14-15H2,1-4H3. The zero-order valence-electron chi connectivity index (χ0n) is 15.8. The zero-order valence-corrected chi connectivity index (χ0v) is 15.8. The van der Waals surface area contributed by atoms with Crippen LogP contribution in [0.5, 0.6) is 5.75 Å². The minimum atomic E-state index is -0.177. The summed E-state index contributed by atoms with van der Waals surface area (Å²) in [5.41, 5.74) is 1.72. The molecule has 5 heteroatoms. The van der Waals surface area contributed by atoms with Crippen LogP contribution in [0.25, 0.3) is 0 Å². The van der Waals surface area contributed by atoms with E-state index in [9.17, 15) is 9.59 Å². The highest BCUT2D eigenvalue weighted by molar-refractivity contribution is 5.97. The Kier molecular flexibility index (Phi) is 6.78. The van der Waals surface area contributed by atoms with E-state index in [0.717, 1.165) is 11.3 Å². The van der Waals surface area contributed by atoms with Gasteiger partial charge in [0.1, 0.15) is 12.3 Å². The van der Waals surface area contributed by atoms with Crippen LogP contribution in [-0.4, -0.2) is 36.4 Å². The van der Waals surface area contributed by atoms with Crippen molar-refractivity contribution in [1.29, 1.82) is 0 Å². The Labute approximate surface area is 155 Å². The van der Waals surface area contributed by atoms with Crippen molar-refractivity contribution in [3.63, 3.8) is 0 Å². The number of benzene rings is 2. The lowest BCUT2D eigenvalue weighted by molar-refractivity contribution is -0.130. The fourth-order valence-corrected chi connectivity index (χ4v) is 2.56. The molecule has 5 nitrogen and oxygen atoms in total. The Balaban J connectivity index is 2.05. The minimum Gasteiger partial charge on any atom is -0.491 e. The summed E-state index contributed by atoms with van der Waals surface area (Å²) in [6.07, 6.45) is 0.0815. The summed E-state index contributed by atoms with van der Waals surface area (Å²) in [6.45, 7) is 5.88. The topological polar surface area (TPSA) is 49.9 Å². The Morgan fingerprint density at radius 3 is 2.15 bits per heavy atom. The SMILES string of the molecule is CC(=O)N(CC(=O)N(C)Cc1ccccc1)c1ccc(OC(C)C)cc1. The van der Waals surface area contributed by atoms with Crippen LogP contribution in [0.1, 0.15) is 26.3 Å². The number of anilines is 1. The van der Waals surface area contributed by atoms with Gasteiger partial charge < -0.3 is 14.5 Å². The van der Waals surface area contributed by atoms with E-state index in [1.54, 1.807) is 24.1 Å². The van der Waals surface area contributed by atoms with Gasteiger partial charge in [-0.25, -0.2) is 0 Å². The second kappa shape index (κ2) is 9.04. The second-order valence-corrected chi connectivity index (χ2v) is 6.50. The van der Waals surface area contributed by atoms with Crippen LogP contribution in [0.3, 0.4) is 0 Å². The Morgan fingerprint density at radius 1 is 1.00 bits per heavy atom. The third-order valence-corrected chi connectivity index (χ3v) is 3.88. The maximum atomic E-state index is 12.6. The number of hydrogen-bond acceptors (Lipinski definition) is 3. The molecule has 0 N–H and O–H groups in total. The van der Waals surface area contributed by atoms with Crippen LogP contribution < -0.4 is 9.64 Å². The summed E-state index contributed by atoms with van der Waals surface area (Å²) in [5, 5.41) is 0. The monoisotopic (exact) mass is 354 g/mol. The van der Waals surface area contributed by atoms with Gasteiger partial charge in [-0.2, -0.15) is 0 Å².